The Morgan fingerprint density at radius 2 is 2.21 bits per heavy atom. The molecule has 0 bridgehead atoms. The fraction of sp³-hybridized carbons (Fsp3) is 0.556. The van der Waals surface area contributed by atoms with E-state index in [-0.39, 0.29) is 5.92 Å². The number of carboxylic acid groups (broad SMARTS) is 1. The normalized spacial score (nSPS) is 13.9. The number of carbonyl (C=O) groups is 2. The first-order valence-corrected chi connectivity index (χ1v) is 4.33. The van der Waals surface area contributed by atoms with Gasteiger partial charge in [-0.2, -0.15) is 0 Å². The SMILES string of the molecule is C=COC(=O)N[C@H](C(=O)O)[C@H](C)CC. The number of carboxylic acids is 1. The molecule has 0 saturated carbocycles. The van der Waals surface area contributed by atoms with E-state index in [1.54, 1.807) is 6.92 Å². The van der Waals surface area contributed by atoms with Gasteiger partial charge in [0, 0.05) is 0 Å². The number of rotatable bonds is 5. The van der Waals surface area contributed by atoms with E-state index in [2.05, 4.69) is 16.6 Å². The van der Waals surface area contributed by atoms with E-state index in [9.17, 15) is 9.59 Å². The van der Waals surface area contributed by atoms with Crippen LogP contribution >= 0.6 is 0 Å². The highest BCUT2D eigenvalue weighted by Crippen LogP contribution is 2.07. The largest absolute Gasteiger partial charge is 0.480 e. The molecule has 5 heteroatoms. The number of aliphatic carboxylic acids is 1. The molecular weight excluding hydrogens is 186 g/mol. The average molecular weight is 201 g/mol. The highest BCUT2D eigenvalue weighted by Gasteiger charge is 2.25. The minimum Gasteiger partial charge on any atom is -0.480 e. The van der Waals surface area contributed by atoms with Crippen molar-refractivity contribution in [1.82, 2.24) is 5.32 Å². The number of amides is 1. The third-order valence-electron chi connectivity index (χ3n) is 1.94. The quantitative estimate of drug-likeness (QED) is 0.658. The van der Waals surface area contributed by atoms with E-state index in [1.165, 1.54) is 0 Å². The molecule has 0 heterocycles. The molecular formula is C9H15NO4. The molecule has 0 aromatic heterocycles. The molecule has 1 amide bonds. The molecule has 0 spiro atoms. The molecule has 0 rings (SSSR count). The summed E-state index contributed by atoms with van der Waals surface area (Å²) in [5.41, 5.74) is 0. The minimum atomic E-state index is -1.07. The van der Waals surface area contributed by atoms with Crippen molar-refractivity contribution in [3.63, 3.8) is 0 Å². The molecule has 0 unspecified atom stereocenters. The molecule has 14 heavy (non-hydrogen) atoms. The summed E-state index contributed by atoms with van der Waals surface area (Å²) in [6.45, 7) is 6.78. The van der Waals surface area contributed by atoms with Crippen LogP contribution in [-0.4, -0.2) is 23.2 Å². The van der Waals surface area contributed by atoms with Gasteiger partial charge in [-0.05, 0) is 5.92 Å². The van der Waals surface area contributed by atoms with Crippen molar-refractivity contribution in [2.75, 3.05) is 0 Å². The lowest BCUT2D eigenvalue weighted by Crippen LogP contribution is -2.44. The topological polar surface area (TPSA) is 75.6 Å². The Hall–Kier alpha value is -1.52. The molecule has 0 radical (unpaired) electrons. The van der Waals surface area contributed by atoms with Crippen LogP contribution in [-0.2, 0) is 9.53 Å². The Morgan fingerprint density at radius 1 is 1.64 bits per heavy atom. The van der Waals surface area contributed by atoms with Gasteiger partial charge in [0.05, 0.1) is 6.26 Å². The molecule has 2 N–H and O–H groups in total. The van der Waals surface area contributed by atoms with Gasteiger partial charge in [0.2, 0.25) is 0 Å². The van der Waals surface area contributed by atoms with Gasteiger partial charge in [0.25, 0.3) is 0 Å². The predicted octanol–water partition coefficient (Wildman–Crippen LogP) is 1.36. The van der Waals surface area contributed by atoms with Gasteiger partial charge in [-0.15, -0.1) is 0 Å². The van der Waals surface area contributed by atoms with Crippen LogP contribution in [0.15, 0.2) is 12.8 Å². The molecule has 0 aliphatic carbocycles. The van der Waals surface area contributed by atoms with Crippen LogP contribution in [0.3, 0.4) is 0 Å². The summed E-state index contributed by atoms with van der Waals surface area (Å²) < 4.78 is 4.37. The molecule has 5 nitrogen and oxygen atoms in total. The van der Waals surface area contributed by atoms with Crippen molar-refractivity contribution in [3.8, 4) is 0 Å². The van der Waals surface area contributed by atoms with E-state index >= 15 is 0 Å². The Labute approximate surface area is 82.7 Å². The van der Waals surface area contributed by atoms with Crippen LogP contribution in [0.2, 0.25) is 0 Å². The standard InChI is InChI=1S/C9H15NO4/c1-4-6(3)7(8(11)12)10-9(13)14-5-2/h5-7H,2,4H2,1,3H3,(H,10,13)(H,11,12)/t6-,7+/m1/s1. The summed E-state index contributed by atoms with van der Waals surface area (Å²) in [4.78, 5) is 21.7. The summed E-state index contributed by atoms with van der Waals surface area (Å²) in [6.07, 6.45) is 0.809. The maximum absolute atomic E-state index is 10.9. The molecule has 0 fully saturated rings. The number of alkyl carbamates (subject to hydrolysis) is 1. The lowest BCUT2D eigenvalue weighted by molar-refractivity contribution is -0.140. The van der Waals surface area contributed by atoms with E-state index in [1.807, 2.05) is 6.92 Å². The third-order valence-corrected chi connectivity index (χ3v) is 1.94. The van der Waals surface area contributed by atoms with Gasteiger partial charge < -0.3 is 15.2 Å². The zero-order valence-corrected chi connectivity index (χ0v) is 8.32. The lowest BCUT2D eigenvalue weighted by Gasteiger charge is -2.18. The molecule has 0 aromatic rings. The fourth-order valence-electron chi connectivity index (χ4n) is 0.920. The van der Waals surface area contributed by atoms with Crippen LogP contribution in [0.25, 0.3) is 0 Å². The first-order valence-electron chi connectivity index (χ1n) is 4.33. The van der Waals surface area contributed by atoms with Crippen molar-refractivity contribution in [2.24, 2.45) is 5.92 Å². The van der Waals surface area contributed by atoms with Crippen molar-refractivity contribution < 1.29 is 19.4 Å². The number of carbonyl (C=O) groups excluding carboxylic acids is 1. The van der Waals surface area contributed by atoms with Crippen molar-refractivity contribution >= 4 is 12.1 Å². The Kier molecular flexibility index (Phi) is 5.36. The summed E-state index contributed by atoms with van der Waals surface area (Å²) >= 11 is 0. The van der Waals surface area contributed by atoms with Crippen molar-refractivity contribution in [1.29, 1.82) is 0 Å². The van der Waals surface area contributed by atoms with E-state index < -0.39 is 18.1 Å². The Bertz CT molecular complexity index is 227. The molecule has 80 valence electrons. The first kappa shape index (κ1) is 12.5. The van der Waals surface area contributed by atoms with Gasteiger partial charge in [0.15, 0.2) is 0 Å². The molecule has 0 aliphatic heterocycles. The number of hydrogen-bond donors (Lipinski definition) is 2. The van der Waals surface area contributed by atoms with Crippen LogP contribution in [0.1, 0.15) is 20.3 Å². The lowest BCUT2D eigenvalue weighted by atomic mass is 10.00. The monoisotopic (exact) mass is 201 g/mol. The van der Waals surface area contributed by atoms with E-state index in [4.69, 9.17) is 5.11 Å². The fourth-order valence-corrected chi connectivity index (χ4v) is 0.920. The van der Waals surface area contributed by atoms with Crippen LogP contribution in [0.4, 0.5) is 4.79 Å². The highest BCUT2D eigenvalue weighted by atomic mass is 16.5. The van der Waals surface area contributed by atoms with Crippen LogP contribution in [0.5, 0.6) is 0 Å². The highest BCUT2D eigenvalue weighted by molar-refractivity contribution is 5.80. The minimum absolute atomic E-state index is 0.148. The second-order valence-corrected chi connectivity index (χ2v) is 2.92. The zero-order valence-electron chi connectivity index (χ0n) is 8.32. The van der Waals surface area contributed by atoms with Gasteiger partial charge in [-0.3, -0.25) is 0 Å². The Balaban J connectivity index is 4.29. The summed E-state index contributed by atoms with van der Waals surface area (Å²) in [6, 6.07) is -0.924. The van der Waals surface area contributed by atoms with E-state index in [0.717, 1.165) is 6.26 Å². The van der Waals surface area contributed by atoms with Crippen molar-refractivity contribution in [3.05, 3.63) is 12.8 Å². The second-order valence-electron chi connectivity index (χ2n) is 2.92. The first-order chi connectivity index (χ1) is 6.52. The second kappa shape index (κ2) is 6.01. The smallest absolute Gasteiger partial charge is 0.412 e. The number of hydrogen-bond acceptors (Lipinski definition) is 3. The summed E-state index contributed by atoms with van der Waals surface area (Å²) in [5, 5.41) is 11.0. The molecule has 0 aliphatic rings. The van der Waals surface area contributed by atoms with E-state index in [0.29, 0.717) is 6.42 Å². The maximum Gasteiger partial charge on any atom is 0.412 e. The van der Waals surface area contributed by atoms with Gasteiger partial charge in [-0.1, -0.05) is 26.8 Å². The maximum atomic E-state index is 10.9. The molecule has 0 aromatic carbocycles. The van der Waals surface area contributed by atoms with Crippen LogP contribution < -0.4 is 5.32 Å². The third kappa shape index (κ3) is 3.93. The van der Waals surface area contributed by atoms with Gasteiger partial charge in [0.1, 0.15) is 6.04 Å². The van der Waals surface area contributed by atoms with Crippen molar-refractivity contribution in [2.45, 2.75) is 26.3 Å². The summed E-state index contributed by atoms with van der Waals surface area (Å²) in [7, 11) is 0. The molecule has 2 atom stereocenters. The summed E-state index contributed by atoms with van der Waals surface area (Å²) in [5.74, 6) is -1.22. The van der Waals surface area contributed by atoms with Gasteiger partial charge in [-0.25, -0.2) is 9.59 Å². The molecule has 0 saturated heterocycles. The average Bonchev–Trinajstić information content (AvgIpc) is 2.13. The van der Waals surface area contributed by atoms with Gasteiger partial charge >= 0.3 is 12.1 Å². The number of nitrogens with one attached hydrogen (secondary N) is 1. The Morgan fingerprint density at radius 3 is 2.57 bits per heavy atom. The predicted molar refractivity (Wildman–Crippen MR) is 50.7 cm³/mol. The van der Waals surface area contributed by atoms with Crippen LogP contribution in [0, 0.1) is 5.92 Å². The zero-order chi connectivity index (χ0) is 11.1. The number of ether oxygens (including phenoxy) is 1.